The van der Waals surface area contributed by atoms with Gasteiger partial charge in [-0.25, -0.2) is 4.39 Å². The predicted molar refractivity (Wildman–Crippen MR) is 83.1 cm³/mol. The fourth-order valence-corrected chi connectivity index (χ4v) is 3.02. The summed E-state index contributed by atoms with van der Waals surface area (Å²) < 4.78 is 13.1. The van der Waals surface area contributed by atoms with Crippen molar-refractivity contribution in [1.82, 2.24) is 5.43 Å². The molecule has 0 bridgehead atoms. The number of nitrogens with two attached hydrogens (primary N) is 1. The van der Waals surface area contributed by atoms with Crippen molar-refractivity contribution in [2.75, 3.05) is 5.75 Å². The number of thioether (sulfide) groups is 1. The summed E-state index contributed by atoms with van der Waals surface area (Å²) in [7, 11) is 0. The smallest absolute Gasteiger partial charge is 0.124 e. The molecule has 0 aliphatic heterocycles. The monoisotopic (exact) mass is 290 g/mol. The highest BCUT2D eigenvalue weighted by Crippen LogP contribution is 2.20. The van der Waals surface area contributed by atoms with Crippen molar-refractivity contribution in [3.63, 3.8) is 0 Å². The van der Waals surface area contributed by atoms with Crippen LogP contribution in [0.3, 0.4) is 0 Å². The van der Waals surface area contributed by atoms with E-state index in [0.29, 0.717) is 0 Å². The number of halogens is 1. The molecule has 0 aromatic heterocycles. The third-order valence-electron chi connectivity index (χ3n) is 3.05. The topological polar surface area (TPSA) is 38.0 Å². The molecule has 0 aliphatic carbocycles. The molecule has 2 nitrogen and oxygen atoms in total. The van der Waals surface area contributed by atoms with E-state index in [2.05, 4.69) is 36.6 Å². The largest absolute Gasteiger partial charge is 0.271 e. The van der Waals surface area contributed by atoms with Crippen LogP contribution in [0.2, 0.25) is 0 Å². The van der Waals surface area contributed by atoms with Crippen LogP contribution < -0.4 is 11.3 Å². The summed E-state index contributed by atoms with van der Waals surface area (Å²) in [6.45, 7) is 2.08. The molecule has 0 aliphatic rings. The first-order valence-corrected chi connectivity index (χ1v) is 7.56. The molecule has 106 valence electrons. The maximum atomic E-state index is 13.1. The summed E-state index contributed by atoms with van der Waals surface area (Å²) in [5.41, 5.74) is 5.34. The number of rotatable bonds is 6. The first kappa shape index (κ1) is 15.0. The van der Waals surface area contributed by atoms with Gasteiger partial charge in [0.1, 0.15) is 5.82 Å². The Balaban J connectivity index is 1.92. The van der Waals surface area contributed by atoms with Crippen LogP contribution in [-0.4, -0.2) is 11.8 Å². The molecule has 0 saturated carbocycles. The first-order chi connectivity index (χ1) is 9.67. The van der Waals surface area contributed by atoms with Crippen LogP contribution in [0.15, 0.2) is 53.4 Å². The molecule has 2 aromatic carbocycles. The fourth-order valence-electron chi connectivity index (χ4n) is 2.04. The lowest BCUT2D eigenvalue weighted by atomic mass is 10.1. The van der Waals surface area contributed by atoms with Gasteiger partial charge in [0.05, 0.1) is 0 Å². The number of hydrogen-bond acceptors (Lipinski definition) is 3. The molecule has 2 rings (SSSR count). The number of hydrazine groups is 1. The highest BCUT2D eigenvalue weighted by molar-refractivity contribution is 7.99. The van der Waals surface area contributed by atoms with Crippen LogP contribution in [0.4, 0.5) is 4.39 Å². The molecule has 3 N–H and O–H groups in total. The lowest BCUT2D eigenvalue weighted by Gasteiger charge is -2.16. The molecule has 4 heteroatoms. The molecule has 0 spiro atoms. The van der Waals surface area contributed by atoms with E-state index in [1.165, 1.54) is 17.2 Å². The van der Waals surface area contributed by atoms with Gasteiger partial charge in [-0.05, 0) is 37.1 Å². The van der Waals surface area contributed by atoms with Crippen LogP contribution in [0.25, 0.3) is 0 Å². The number of hydrogen-bond donors (Lipinski definition) is 2. The van der Waals surface area contributed by atoms with E-state index in [1.54, 1.807) is 23.9 Å². The van der Waals surface area contributed by atoms with Crippen molar-refractivity contribution in [2.24, 2.45) is 5.84 Å². The molecule has 0 radical (unpaired) electrons. The Kier molecular flexibility index (Phi) is 5.59. The molecule has 0 fully saturated rings. The van der Waals surface area contributed by atoms with Gasteiger partial charge in [-0.15, -0.1) is 11.8 Å². The van der Waals surface area contributed by atoms with Crippen LogP contribution in [0.5, 0.6) is 0 Å². The van der Waals surface area contributed by atoms with Crippen LogP contribution in [0.1, 0.15) is 11.1 Å². The van der Waals surface area contributed by atoms with Crippen molar-refractivity contribution in [2.45, 2.75) is 24.3 Å². The summed E-state index contributed by atoms with van der Waals surface area (Å²) in [5, 5.41) is 0. The average Bonchev–Trinajstić information content (AvgIpc) is 2.43. The standard InChI is InChI=1S/C16H19FN2S/c1-12-4-2-5-13(8-12)9-15(19-18)11-20-16-7-3-6-14(17)10-16/h2-8,10,15,19H,9,11,18H2,1H3. The Morgan fingerprint density at radius 3 is 2.70 bits per heavy atom. The minimum Gasteiger partial charge on any atom is -0.271 e. The highest BCUT2D eigenvalue weighted by atomic mass is 32.2. The van der Waals surface area contributed by atoms with Gasteiger partial charge in [0.2, 0.25) is 0 Å². The second-order valence-electron chi connectivity index (χ2n) is 4.83. The third-order valence-corrected chi connectivity index (χ3v) is 4.20. The summed E-state index contributed by atoms with van der Waals surface area (Å²) >= 11 is 1.61. The maximum absolute atomic E-state index is 13.1. The normalized spacial score (nSPS) is 12.3. The van der Waals surface area contributed by atoms with Crippen molar-refractivity contribution in [3.8, 4) is 0 Å². The lowest BCUT2D eigenvalue weighted by molar-refractivity contribution is 0.575. The Morgan fingerprint density at radius 2 is 2.00 bits per heavy atom. The van der Waals surface area contributed by atoms with Crippen molar-refractivity contribution < 1.29 is 4.39 Å². The molecule has 1 atom stereocenters. The van der Waals surface area contributed by atoms with Gasteiger partial charge < -0.3 is 0 Å². The molecule has 0 amide bonds. The van der Waals surface area contributed by atoms with Gasteiger partial charge in [-0.3, -0.25) is 11.3 Å². The molecule has 0 heterocycles. The van der Waals surface area contributed by atoms with Crippen LogP contribution >= 0.6 is 11.8 Å². The van der Waals surface area contributed by atoms with Gasteiger partial charge in [-0.2, -0.15) is 0 Å². The van der Waals surface area contributed by atoms with Crippen LogP contribution in [0, 0.1) is 12.7 Å². The summed E-state index contributed by atoms with van der Waals surface area (Å²) in [4.78, 5) is 0.925. The SMILES string of the molecule is Cc1cccc(CC(CSc2cccc(F)c2)NN)c1. The van der Waals surface area contributed by atoms with Gasteiger partial charge >= 0.3 is 0 Å². The van der Waals surface area contributed by atoms with Gasteiger partial charge in [0, 0.05) is 16.7 Å². The summed E-state index contributed by atoms with van der Waals surface area (Å²) in [6.07, 6.45) is 0.862. The van der Waals surface area contributed by atoms with E-state index in [-0.39, 0.29) is 11.9 Å². The van der Waals surface area contributed by atoms with E-state index in [0.717, 1.165) is 17.1 Å². The number of aryl methyl sites for hydroxylation is 1. The second-order valence-corrected chi connectivity index (χ2v) is 5.92. The van der Waals surface area contributed by atoms with Crippen molar-refractivity contribution in [1.29, 1.82) is 0 Å². The first-order valence-electron chi connectivity index (χ1n) is 6.57. The van der Waals surface area contributed by atoms with Gasteiger partial charge in [0.25, 0.3) is 0 Å². The van der Waals surface area contributed by atoms with E-state index in [9.17, 15) is 4.39 Å². The molecule has 20 heavy (non-hydrogen) atoms. The second kappa shape index (κ2) is 7.43. The average molecular weight is 290 g/mol. The maximum Gasteiger partial charge on any atom is 0.124 e. The molecular formula is C16H19FN2S. The molecule has 1 unspecified atom stereocenters. The van der Waals surface area contributed by atoms with Gasteiger partial charge in [0.15, 0.2) is 0 Å². The number of benzene rings is 2. The van der Waals surface area contributed by atoms with Crippen molar-refractivity contribution >= 4 is 11.8 Å². The summed E-state index contributed by atoms with van der Waals surface area (Å²) in [5.74, 6) is 6.21. The zero-order chi connectivity index (χ0) is 14.4. The van der Waals surface area contributed by atoms with E-state index >= 15 is 0 Å². The number of nitrogens with one attached hydrogen (secondary N) is 1. The minimum absolute atomic E-state index is 0.157. The zero-order valence-corrected chi connectivity index (χ0v) is 12.3. The van der Waals surface area contributed by atoms with Crippen molar-refractivity contribution in [3.05, 3.63) is 65.5 Å². The van der Waals surface area contributed by atoms with E-state index in [4.69, 9.17) is 5.84 Å². The molecule has 2 aromatic rings. The zero-order valence-electron chi connectivity index (χ0n) is 11.5. The highest BCUT2D eigenvalue weighted by Gasteiger charge is 2.09. The minimum atomic E-state index is -0.203. The fraction of sp³-hybridized carbons (Fsp3) is 0.250. The van der Waals surface area contributed by atoms with Gasteiger partial charge in [-0.1, -0.05) is 35.9 Å². The van der Waals surface area contributed by atoms with E-state index < -0.39 is 0 Å². The molecular weight excluding hydrogens is 271 g/mol. The lowest BCUT2D eigenvalue weighted by Crippen LogP contribution is -2.38. The van der Waals surface area contributed by atoms with E-state index in [1.807, 2.05) is 6.07 Å². The Bertz CT molecular complexity index is 560. The summed E-state index contributed by atoms with van der Waals surface area (Å²) in [6, 6.07) is 15.2. The third kappa shape index (κ3) is 4.63. The Hall–Kier alpha value is -1.36. The Labute approximate surface area is 123 Å². The molecule has 0 saturated heterocycles. The predicted octanol–water partition coefficient (Wildman–Crippen LogP) is 3.30. The quantitative estimate of drug-likeness (QED) is 0.487. The Morgan fingerprint density at radius 1 is 1.20 bits per heavy atom. The van der Waals surface area contributed by atoms with Crippen LogP contribution in [-0.2, 0) is 6.42 Å².